The molecule has 0 aliphatic carbocycles. The van der Waals surface area contributed by atoms with Crippen molar-refractivity contribution in [3.05, 3.63) is 110 Å². The van der Waals surface area contributed by atoms with Gasteiger partial charge in [-0.3, -0.25) is 29.3 Å². The fraction of sp³-hybridized carbons (Fsp3) is 0.0435. The van der Waals surface area contributed by atoms with E-state index >= 15 is 0 Å². The highest BCUT2D eigenvalue weighted by Gasteiger charge is 2.43. The number of carbonyl (C=O) groups is 4. The van der Waals surface area contributed by atoms with E-state index in [4.69, 9.17) is 11.6 Å². The highest BCUT2D eigenvalue weighted by Crippen LogP contribution is 2.27. The van der Waals surface area contributed by atoms with Gasteiger partial charge < -0.3 is 0 Å². The highest BCUT2D eigenvalue weighted by molar-refractivity contribution is 6.30. The highest BCUT2D eigenvalue weighted by atomic mass is 35.5. The molecule has 0 fully saturated rings. The predicted molar refractivity (Wildman–Crippen MR) is 117 cm³/mol. The summed E-state index contributed by atoms with van der Waals surface area (Å²) in [5.41, 5.74) is -0.606. The van der Waals surface area contributed by atoms with Gasteiger partial charge in [0.05, 0.1) is 16.1 Å². The van der Waals surface area contributed by atoms with Gasteiger partial charge in [0.2, 0.25) is 0 Å². The van der Waals surface area contributed by atoms with Crippen LogP contribution in [0.5, 0.6) is 0 Å². The van der Waals surface area contributed by atoms with Crippen LogP contribution in [0.3, 0.4) is 0 Å². The molecule has 33 heavy (non-hydrogen) atoms. The summed E-state index contributed by atoms with van der Waals surface area (Å²) in [6.07, 6.45) is 0. The molecule has 9 nitrogen and oxygen atoms in total. The molecule has 0 saturated heterocycles. The number of nitro groups is 1. The Kier molecular flexibility index (Phi) is 5.72. The van der Waals surface area contributed by atoms with Gasteiger partial charge in [0.15, 0.2) is 5.78 Å². The maximum atomic E-state index is 13.4. The number of nitrogens with zero attached hydrogens (tertiary/aromatic N) is 3. The van der Waals surface area contributed by atoms with Crippen molar-refractivity contribution in [3.8, 4) is 0 Å². The van der Waals surface area contributed by atoms with Crippen molar-refractivity contribution in [1.82, 2.24) is 10.0 Å². The van der Waals surface area contributed by atoms with Gasteiger partial charge in [-0.25, -0.2) is 5.01 Å². The topological polar surface area (TPSA) is 118 Å². The third-order valence-corrected chi connectivity index (χ3v) is 5.29. The number of rotatable bonds is 6. The van der Waals surface area contributed by atoms with Crippen LogP contribution in [0.25, 0.3) is 0 Å². The first-order valence-corrected chi connectivity index (χ1v) is 9.99. The molecule has 0 N–H and O–H groups in total. The van der Waals surface area contributed by atoms with Crippen molar-refractivity contribution in [3.63, 3.8) is 0 Å². The van der Waals surface area contributed by atoms with Crippen molar-refractivity contribution < 1.29 is 24.1 Å². The molecule has 0 unspecified atom stereocenters. The summed E-state index contributed by atoms with van der Waals surface area (Å²) in [7, 11) is 0. The Morgan fingerprint density at radius 2 is 1.42 bits per heavy atom. The van der Waals surface area contributed by atoms with Crippen LogP contribution in [-0.4, -0.2) is 45.0 Å². The molecule has 10 heteroatoms. The maximum absolute atomic E-state index is 13.4. The lowest BCUT2D eigenvalue weighted by Gasteiger charge is -2.29. The van der Waals surface area contributed by atoms with Crippen LogP contribution >= 0.6 is 11.6 Å². The minimum absolute atomic E-state index is 0.0572. The average Bonchev–Trinajstić information content (AvgIpc) is 3.07. The SMILES string of the molecule is O=C(CN(C(=O)c1ccccc1[N+](=O)[O-])N1C(=O)c2ccccc2C1=O)c1ccc(Cl)cc1. The fourth-order valence-electron chi connectivity index (χ4n) is 3.44. The van der Waals surface area contributed by atoms with E-state index in [9.17, 15) is 29.3 Å². The lowest BCUT2D eigenvalue weighted by molar-refractivity contribution is -0.385. The molecule has 1 heterocycles. The predicted octanol–water partition coefficient (Wildman–Crippen LogP) is 3.78. The minimum Gasteiger partial charge on any atom is -0.292 e. The van der Waals surface area contributed by atoms with E-state index in [1.54, 1.807) is 12.1 Å². The standard InChI is InChI=1S/C23H14ClN3O6/c24-15-11-9-14(10-12-15)20(28)13-25(21(29)18-7-3-4-8-19(18)27(32)33)26-22(30)16-5-1-2-6-17(16)23(26)31/h1-12H,13H2. The molecule has 1 aliphatic heterocycles. The van der Waals surface area contributed by atoms with E-state index in [0.29, 0.717) is 15.0 Å². The molecule has 3 aromatic carbocycles. The second kappa shape index (κ2) is 8.64. The number of para-hydroxylation sites is 1. The van der Waals surface area contributed by atoms with Crippen molar-refractivity contribution in [2.75, 3.05) is 6.54 Å². The van der Waals surface area contributed by atoms with E-state index in [1.165, 1.54) is 54.6 Å². The van der Waals surface area contributed by atoms with Crippen LogP contribution in [0.4, 0.5) is 5.69 Å². The normalized spacial score (nSPS) is 12.5. The number of benzene rings is 3. The molecule has 0 saturated carbocycles. The molecule has 164 valence electrons. The van der Waals surface area contributed by atoms with Gasteiger partial charge in [0.25, 0.3) is 23.4 Å². The lowest BCUT2D eigenvalue weighted by Crippen LogP contribution is -2.51. The zero-order valence-electron chi connectivity index (χ0n) is 16.8. The summed E-state index contributed by atoms with van der Waals surface area (Å²) < 4.78 is 0. The van der Waals surface area contributed by atoms with Crippen LogP contribution < -0.4 is 0 Å². The number of amides is 3. The summed E-state index contributed by atoms with van der Waals surface area (Å²) in [5.74, 6) is -3.27. The first-order valence-electron chi connectivity index (χ1n) is 9.61. The third kappa shape index (κ3) is 3.97. The Bertz CT molecular complexity index is 1290. The van der Waals surface area contributed by atoms with Crippen molar-refractivity contribution in [2.24, 2.45) is 0 Å². The van der Waals surface area contributed by atoms with E-state index in [-0.39, 0.29) is 22.3 Å². The number of hydrogen-bond acceptors (Lipinski definition) is 6. The number of carbonyl (C=O) groups excluding carboxylic acids is 4. The number of nitro benzene ring substituents is 1. The van der Waals surface area contributed by atoms with Crippen LogP contribution in [0.2, 0.25) is 5.02 Å². The summed E-state index contributed by atoms with van der Waals surface area (Å²) in [4.78, 5) is 63.1. The van der Waals surface area contributed by atoms with Gasteiger partial charge in [-0.2, -0.15) is 5.01 Å². The van der Waals surface area contributed by atoms with Gasteiger partial charge in [0, 0.05) is 16.7 Å². The van der Waals surface area contributed by atoms with Gasteiger partial charge >= 0.3 is 0 Å². The molecule has 3 amide bonds. The molecule has 1 aliphatic rings. The molecular weight excluding hydrogens is 450 g/mol. The maximum Gasteiger partial charge on any atom is 0.282 e. The van der Waals surface area contributed by atoms with Gasteiger partial charge in [-0.1, -0.05) is 35.9 Å². The minimum atomic E-state index is -1.04. The summed E-state index contributed by atoms with van der Waals surface area (Å²) in [5, 5.41) is 13.0. The number of ketones is 1. The number of fused-ring (bicyclic) bond motifs is 1. The largest absolute Gasteiger partial charge is 0.292 e. The first kappa shape index (κ1) is 21.8. The fourth-order valence-corrected chi connectivity index (χ4v) is 3.57. The van der Waals surface area contributed by atoms with Crippen LogP contribution in [0.1, 0.15) is 41.4 Å². The summed E-state index contributed by atoms with van der Waals surface area (Å²) in [6, 6.07) is 16.9. The smallest absolute Gasteiger partial charge is 0.282 e. The van der Waals surface area contributed by atoms with Gasteiger partial charge in [-0.15, -0.1) is 0 Å². The van der Waals surface area contributed by atoms with Crippen LogP contribution in [0, 0.1) is 10.1 Å². The van der Waals surface area contributed by atoms with E-state index in [0.717, 1.165) is 6.07 Å². The van der Waals surface area contributed by atoms with Crippen LogP contribution in [-0.2, 0) is 0 Å². The molecule has 4 rings (SSSR count). The second-order valence-electron chi connectivity index (χ2n) is 7.03. The van der Waals surface area contributed by atoms with Crippen LogP contribution in [0.15, 0.2) is 72.8 Å². The Morgan fingerprint density at radius 3 is 2.00 bits per heavy atom. The zero-order valence-corrected chi connectivity index (χ0v) is 17.6. The molecule has 0 bridgehead atoms. The molecule has 0 radical (unpaired) electrons. The Hall–Kier alpha value is -4.37. The second-order valence-corrected chi connectivity index (χ2v) is 7.47. The van der Waals surface area contributed by atoms with E-state index in [2.05, 4.69) is 0 Å². The van der Waals surface area contributed by atoms with Crippen molar-refractivity contribution in [1.29, 1.82) is 0 Å². The van der Waals surface area contributed by atoms with Crippen molar-refractivity contribution >= 4 is 40.8 Å². The number of halogens is 1. The quantitative estimate of drug-likeness (QED) is 0.237. The van der Waals surface area contributed by atoms with E-state index < -0.39 is 40.7 Å². The van der Waals surface area contributed by atoms with Crippen molar-refractivity contribution in [2.45, 2.75) is 0 Å². The summed E-state index contributed by atoms with van der Waals surface area (Å²) in [6.45, 7) is -0.710. The zero-order chi connectivity index (χ0) is 23.7. The first-order chi connectivity index (χ1) is 15.8. The number of hydrogen-bond donors (Lipinski definition) is 0. The molecule has 0 aromatic heterocycles. The Balaban J connectivity index is 1.78. The number of Topliss-reactive ketones (excluding diaryl/α,β-unsaturated/α-hetero) is 1. The lowest BCUT2D eigenvalue weighted by atomic mass is 10.1. The summed E-state index contributed by atoms with van der Waals surface area (Å²) >= 11 is 5.86. The molecule has 0 spiro atoms. The van der Waals surface area contributed by atoms with E-state index in [1.807, 2.05) is 0 Å². The van der Waals surface area contributed by atoms with Gasteiger partial charge in [0.1, 0.15) is 12.1 Å². The number of hydrazine groups is 1. The molecule has 3 aromatic rings. The Labute approximate surface area is 191 Å². The van der Waals surface area contributed by atoms with Gasteiger partial charge in [-0.05, 0) is 42.5 Å². The molecular formula is C23H14ClN3O6. The Morgan fingerprint density at radius 1 is 0.879 bits per heavy atom. The monoisotopic (exact) mass is 463 g/mol. The molecule has 0 atom stereocenters. The average molecular weight is 464 g/mol. The number of imide groups is 1. The third-order valence-electron chi connectivity index (χ3n) is 5.04.